The minimum atomic E-state index is -0.296. The Bertz CT molecular complexity index is 334. The molecule has 0 saturated heterocycles. The maximum absolute atomic E-state index is 11.0. The topological polar surface area (TPSA) is 72.9 Å². The van der Waals surface area contributed by atoms with Crippen LogP contribution in [0.5, 0.6) is 0 Å². The van der Waals surface area contributed by atoms with Crippen LogP contribution in [0.1, 0.15) is 38.4 Å². The first-order valence-electron chi connectivity index (χ1n) is 5.70. The zero-order valence-corrected chi connectivity index (χ0v) is 9.94. The van der Waals surface area contributed by atoms with Crippen molar-refractivity contribution in [1.29, 1.82) is 0 Å². The Hall–Kier alpha value is -1.36. The Labute approximate surface area is 96.0 Å². The van der Waals surface area contributed by atoms with E-state index in [4.69, 9.17) is 5.73 Å². The van der Waals surface area contributed by atoms with E-state index in [2.05, 4.69) is 21.8 Å². The molecule has 0 saturated carbocycles. The summed E-state index contributed by atoms with van der Waals surface area (Å²) in [4.78, 5) is 15.1. The number of rotatable bonds is 7. The number of hydrogen-bond donors (Lipinski definition) is 2. The minimum Gasteiger partial charge on any atom is -0.370 e. The van der Waals surface area contributed by atoms with Crippen molar-refractivity contribution in [2.45, 2.75) is 39.3 Å². The van der Waals surface area contributed by atoms with Crippen LogP contribution in [0.2, 0.25) is 0 Å². The highest BCUT2D eigenvalue weighted by atomic mass is 16.1. The molecule has 1 aromatic rings. The molecule has 16 heavy (non-hydrogen) atoms. The molecule has 0 radical (unpaired) electrons. The summed E-state index contributed by atoms with van der Waals surface area (Å²) in [6, 6.07) is -0.0310. The van der Waals surface area contributed by atoms with Gasteiger partial charge >= 0.3 is 0 Å². The lowest BCUT2D eigenvalue weighted by molar-refractivity contribution is -0.118. The summed E-state index contributed by atoms with van der Waals surface area (Å²) in [5.74, 6) is -0.296. The first-order chi connectivity index (χ1) is 7.69. The molecule has 0 aromatic carbocycles. The molecule has 5 heteroatoms. The SMILES string of the molecule is CCCn1cncc1C(CC(N)=O)NCC. The van der Waals surface area contributed by atoms with E-state index in [1.54, 1.807) is 12.5 Å². The van der Waals surface area contributed by atoms with Crippen LogP contribution in [-0.2, 0) is 11.3 Å². The van der Waals surface area contributed by atoms with Gasteiger partial charge in [0.05, 0.1) is 18.1 Å². The van der Waals surface area contributed by atoms with Crippen molar-refractivity contribution < 1.29 is 4.79 Å². The first-order valence-corrected chi connectivity index (χ1v) is 5.70. The van der Waals surface area contributed by atoms with E-state index in [0.29, 0.717) is 6.42 Å². The fourth-order valence-electron chi connectivity index (χ4n) is 1.78. The lowest BCUT2D eigenvalue weighted by Crippen LogP contribution is -2.28. The van der Waals surface area contributed by atoms with Crippen molar-refractivity contribution in [2.24, 2.45) is 5.73 Å². The monoisotopic (exact) mass is 224 g/mol. The first kappa shape index (κ1) is 12.7. The zero-order valence-electron chi connectivity index (χ0n) is 9.94. The summed E-state index contributed by atoms with van der Waals surface area (Å²) in [5, 5.41) is 3.25. The molecule has 5 nitrogen and oxygen atoms in total. The molecule has 0 bridgehead atoms. The number of carbonyl (C=O) groups excluding carboxylic acids is 1. The van der Waals surface area contributed by atoms with Gasteiger partial charge in [-0.25, -0.2) is 4.98 Å². The predicted molar refractivity (Wildman–Crippen MR) is 62.7 cm³/mol. The molecular weight excluding hydrogens is 204 g/mol. The van der Waals surface area contributed by atoms with E-state index in [0.717, 1.165) is 25.2 Å². The number of carbonyl (C=O) groups is 1. The van der Waals surface area contributed by atoms with Crippen molar-refractivity contribution in [3.05, 3.63) is 18.2 Å². The Morgan fingerprint density at radius 2 is 2.38 bits per heavy atom. The number of amides is 1. The van der Waals surface area contributed by atoms with Crippen molar-refractivity contribution >= 4 is 5.91 Å². The van der Waals surface area contributed by atoms with E-state index in [9.17, 15) is 4.79 Å². The van der Waals surface area contributed by atoms with Gasteiger partial charge < -0.3 is 15.6 Å². The average Bonchev–Trinajstić information content (AvgIpc) is 2.65. The molecule has 0 aliphatic heterocycles. The van der Waals surface area contributed by atoms with Crippen molar-refractivity contribution in [1.82, 2.24) is 14.9 Å². The maximum atomic E-state index is 11.0. The summed E-state index contributed by atoms with van der Waals surface area (Å²) in [6.45, 7) is 5.83. The average molecular weight is 224 g/mol. The van der Waals surface area contributed by atoms with Crippen LogP contribution in [-0.4, -0.2) is 22.0 Å². The number of hydrogen-bond acceptors (Lipinski definition) is 3. The molecule has 1 atom stereocenters. The number of primary amides is 1. The molecule has 0 aliphatic carbocycles. The second-order valence-electron chi connectivity index (χ2n) is 3.79. The normalized spacial score (nSPS) is 12.6. The van der Waals surface area contributed by atoms with E-state index in [1.807, 2.05) is 6.92 Å². The van der Waals surface area contributed by atoms with Crippen LogP contribution < -0.4 is 11.1 Å². The standard InChI is InChI=1S/C11H20N4O/c1-3-5-15-8-13-7-10(15)9(14-4-2)6-11(12)16/h7-9,14H,3-6H2,1-2H3,(H2,12,16). The molecule has 0 fully saturated rings. The van der Waals surface area contributed by atoms with Gasteiger partial charge in [-0.15, -0.1) is 0 Å². The highest BCUT2D eigenvalue weighted by Crippen LogP contribution is 2.16. The second-order valence-corrected chi connectivity index (χ2v) is 3.79. The molecule has 1 unspecified atom stereocenters. The fourth-order valence-corrected chi connectivity index (χ4v) is 1.78. The third-order valence-electron chi connectivity index (χ3n) is 2.42. The molecule has 1 rings (SSSR count). The molecule has 1 aromatic heterocycles. The van der Waals surface area contributed by atoms with Gasteiger partial charge in [-0.2, -0.15) is 0 Å². The second kappa shape index (κ2) is 6.27. The Kier molecular flexibility index (Phi) is 4.98. The summed E-state index contributed by atoms with van der Waals surface area (Å²) in [7, 11) is 0. The van der Waals surface area contributed by atoms with Gasteiger partial charge in [0.25, 0.3) is 0 Å². The number of aromatic nitrogens is 2. The Balaban J connectivity index is 2.82. The highest BCUT2D eigenvalue weighted by molar-refractivity contribution is 5.74. The molecule has 1 amide bonds. The third kappa shape index (κ3) is 3.34. The number of imidazole rings is 1. The van der Waals surface area contributed by atoms with Crippen molar-refractivity contribution in [3.63, 3.8) is 0 Å². The molecule has 0 spiro atoms. The Morgan fingerprint density at radius 1 is 1.62 bits per heavy atom. The molecule has 1 heterocycles. The van der Waals surface area contributed by atoms with Crippen LogP contribution in [0.3, 0.4) is 0 Å². The Morgan fingerprint density at radius 3 is 2.94 bits per heavy atom. The lowest BCUT2D eigenvalue weighted by atomic mass is 10.1. The predicted octanol–water partition coefficient (Wildman–Crippen LogP) is 0.819. The van der Waals surface area contributed by atoms with Crippen molar-refractivity contribution in [3.8, 4) is 0 Å². The number of nitrogens with two attached hydrogens (primary N) is 1. The molecular formula is C11H20N4O. The van der Waals surface area contributed by atoms with Crippen LogP contribution in [0, 0.1) is 0 Å². The van der Waals surface area contributed by atoms with Gasteiger partial charge in [-0.05, 0) is 13.0 Å². The minimum absolute atomic E-state index is 0.0310. The summed E-state index contributed by atoms with van der Waals surface area (Å²) < 4.78 is 2.07. The third-order valence-corrected chi connectivity index (χ3v) is 2.42. The van der Waals surface area contributed by atoms with Crippen LogP contribution in [0.4, 0.5) is 0 Å². The van der Waals surface area contributed by atoms with Gasteiger partial charge in [-0.1, -0.05) is 13.8 Å². The van der Waals surface area contributed by atoms with Gasteiger partial charge in [0.15, 0.2) is 0 Å². The van der Waals surface area contributed by atoms with Gasteiger partial charge in [0, 0.05) is 19.2 Å². The van der Waals surface area contributed by atoms with Crippen molar-refractivity contribution in [2.75, 3.05) is 6.54 Å². The maximum Gasteiger partial charge on any atom is 0.219 e. The van der Waals surface area contributed by atoms with Gasteiger partial charge in [0.2, 0.25) is 5.91 Å². The lowest BCUT2D eigenvalue weighted by Gasteiger charge is -2.18. The van der Waals surface area contributed by atoms with E-state index < -0.39 is 0 Å². The number of aryl methyl sites for hydroxylation is 1. The van der Waals surface area contributed by atoms with Crippen LogP contribution >= 0.6 is 0 Å². The van der Waals surface area contributed by atoms with E-state index >= 15 is 0 Å². The van der Waals surface area contributed by atoms with Crippen LogP contribution in [0.15, 0.2) is 12.5 Å². The van der Waals surface area contributed by atoms with Gasteiger partial charge in [0.1, 0.15) is 0 Å². The highest BCUT2D eigenvalue weighted by Gasteiger charge is 2.16. The number of nitrogens with zero attached hydrogens (tertiary/aromatic N) is 2. The number of nitrogens with one attached hydrogen (secondary N) is 1. The molecule has 0 aliphatic rings. The smallest absolute Gasteiger partial charge is 0.219 e. The molecule has 90 valence electrons. The quantitative estimate of drug-likeness (QED) is 0.720. The summed E-state index contributed by atoms with van der Waals surface area (Å²) in [5.41, 5.74) is 6.28. The van der Waals surface area contributed by atoms with Crippen LogP contribution in [0.25, 0.3) is 0 Å². The van der Waals surface area contributed by atoms with Gasteiger partial charge in [-0.3, -0.25) is 4.79 Å². The summed E-state index contributed by atoms with van der Waals surface area (Å²) >= 11 is 0. The largest absolute Gasteiger partial charge is 0.370 e. The van der Waals surface area contributed by atoms with E-state index in [1.165, 1.54) is 0 Å². The van der Waals surface area contributed by atoms with E-state index in [-0.39, 0.29) is 11.9 Å². The molecule has 3 N–H and O–H groups in total. The summed E-state index contributed by atoms with van der Waals surface area (Å²) in [6.07, 6.45) is 4.94. The fraction of sp³-hybridized carbons (Fsp3) is 0.636. The zero-order chi connectivity index (χ0) is 12.0.